The van der Waals surface area contributed by atoms with Crippen LogP contribution in [0.15, 0.2) is 42.5 Å². The third kappa shape index (κ3) is 4.52. The molecule has 0 saturated carbocycles. The maximum absolute atomic E-state index is 12.8. The lowest BCUT2D eigenvalue weighted by atomic mass is 10.1. The molecule has 3 amide bonds. The average Bonchev–Trinajstić information content (AvgIpc) is 3.04. The number of urea groups is 1. The highest BCUT2D eigenvalue weighted by Crippen LogP contribution is 2.35. The molecule has 0 radical (unpaired) electrons. The van der Waals surface area contributed by atoms with Gasteiger partial charge in [-0.25, -0.2) is 9.18 Å². The summed E-state index contributed by atoms with van der Waals surface area (Å²) in [6, 6.07) is 11.0. The van der Waals surface area contributed by atoms with Crippen molar-refractivity contribution in [3.63, 3.8) is 0 Å². The number of nitrogens with one attached hydrogen (secondary N) is 3. The van der Waals surface area contributed by atoms with Crippen LogP contribution < -0.4 is 16.0 Å². The Bertz CT molecular complexity index is 811. The van der Waals surface area contributed by atoms with Crippen molar-refractivity contribution in [2.75, 3.05) is 6.54 Å². The van der Waals surface area contributed by atoms with Crippen molar-refractivity contribution in [3.05, 3.63) is 70.0 Å². The van der Waals surface area contributed by atoms with Gasteiger partial charge in [0.2, 0.25) is 5.91 Å². The second-order valence-corrected chi connectivity index (χ2v) is 6.54. The van der Waals surface area contributed by atoms with E-state index in [2.05, 4.69) is 16.0 Å². The number of amides is 3. The Kier molecular flexibility index (Phi) is 5.73. The molecule has 1 aliphatic rings. The zero-order valence-corrected chi connectivity index (χ0v) is 14.8. The van der Waals surface area contributed by atoms with Crippen LogP contribution in [0.1, 0.15) is 29.2 Å². The fourth-order valence-corrected chi connectivity index (χ4v) is 3.29. The predicted molar refractivity (Wildman–Crippen MR) is 97.3 cm³/mol. The molecule has 2 aromatic rings. The molecule has 1 unspecified atom stereocenters. The molecule has 7 heteroatoms. The highest BCUT2D eigenvalue weighted by Gasteiger charge is 2.25. The molecule has 3 N–H and O–H groups in total. The van der Waals surface area contributed by atoms with Crippen LogP contribution in [-0.2, 0) is 17.8 Å². The number of rotatable bonds is 5. The molecule has 0 heterocycles. The van der Waals surface area contributed by atoms with Gasteiger partial charge in [0.25, 0.3) is 0 Å². The van der Waals surface area contributed by atoms with Crippen LogP contribution in [0.3, 0.4) is 0 Å². The summed E-state index contributed by atoms with van der Waals surface area (Å²) in [5.74, 6) is -0.593. The van der Waals surface area contributed by atoms with Crippen LogP contribution in [0, 0.1) is 5.82 Å². The fraction of sp³-hybridized carbons (Fsp3) is 0.263. The minimum absolute atomic E-state index is 0.0831. The van der Waals surface area contributed by atoms with Crippen LogP contribution in [-0.4, -0.2) is 18.5 Å². The van der Waals surface area contributed by atoms with Crippen molar-refractivity contribution < 1.29 is 14.0 Å². The van der Waals surface area contributed by atoms with Crippen molar-refractivity contribution in [3.8, 4) is 0 Å². The molecule has 2 aromatic carbocycles. The Balaban J connectivity index is 1.42. The summed E-state index contributed by atoms with van der Waals surface area (Å²) in [5.41, 5.74) is 2.88. The smallest absolute Gasteiger partial charge is 0.315 e. The zero-order chi connectivity index (χ0) is 18.5. The third-order valence-electron chi connectivity index (χ3n) is 4.32. The summed E-state index contributed by atoms with van der Waals surface area (Å²) in [4.78, 5) is 23.9. The van der Waals surface area contributed by atoms with Gasteiger partial charge in [-0.1, -0.05) is 35.9 Å². The van der Waals surface area contributed by atoms with E-state index in [9.17, 15) is 14.0 Å². The second kappa shape index (κ2) is 8.19. The van der Waals surface area contributed by atoms with Crippen LogP contribution in [0.25, 0.3) is 0 Å². The van der Waals surface area contributed by atoms with Gasteiger partial charge in [-0.3, -0.25) is 4.79 Å². The van der Waals surface area contributed by atoms with Gasteiger partial charge < -0.3 is 16.0 Å². The van der Waals surface area contributed by atoms with E-state index < -0.39 is 6.03 Å². The van der Waals surface area contributed by atoms with Gasteiger partial charge in [-0.15, -0.1) is 0 Å². The fourth-order valence-electron chi connectivity index (χ4n) is 3.01. The van der Waals surface area contributed by atoms with Crippen molar-refractivity contribution >= 4 is 23.5 Å². The molecular formula is C19H19ClFN3O2. The first-order chi connectivity index (χ1) is 12.5. The topological polar surface area (TPSA) is 70.2 Å². The van der Waals surface area contributed by atoms with Crippen LogP contribution >= 0.6 is 11.6 Å². The molecular weight excluding hydrogens is 357 g/mol. The minimum Gasteiger partial charge on any atom is -0.348 e. The molecule has 3 rings (SSSR count). The van der Waals surface area contributed by atoms with Gasteiger partial charge in [0.1, 0.15) is 5.82 Å². The monoisotopic (exact) mass is 375 g/mol. The van der Waals surface area contributed by atoms with Crippen LogP contribution in [0.2, 0.25) is 5.02 Å². The largest absolute Gasteiger partial charge is 0.348 e. The number of benzene rings is 2. The Morgan fingerprint density at radius 3 is 2.65 bits per heavy atom. The van der Waals surface area contributed by atoms with E-state index >= 15 is 0 Å². The van der Waals surface area contributed by atoms with E-state index in [1.54, 1.807) is 12.1 Å². The van der Waals surface area contributed by atoms with Gasteiger partial charge in [0.05, 0.1) is 12.6 Å². The van der Waals surface area contributed by atoms with Crippen molar-refractivity contribution in [1.82, 2.24) is 16.0 Å². The van der Waals surface area contributed by atoms with E-state index in [0.717, 1.165) is 34.6 Å². The molecule has 0 aromatic heterocycles. The zero-order valence-electron chi connectivity index (χ0n) is 14.0. The Hall–Kier alpha value is -2.60. The Morgan fingerprint density at radius 2 is 1.88 bits per heavy atom. The number of carbonyl (C=O) groups excluding carboxylic acids is 2. The van der Waals surface area contributed by atoms with Crippen LogP contribution in [0.4, 0.5) is 9.18 Å². The lowest BCUT2D eigenvalue weighted by molar-refractivity contribution is -0.120. The number of halogens is 2. The predicted octanol–water partition coefficient (Wildman–Crippen LogP) is 3.08. The summed E-state index contributed by atoms with van der Waals surface area (Å²) >= 11 is 6.17. The number of fused-ring (bicyclic) bond motifs is 1. The second-order valence-electron chi connectivity index (χ2n) is 6.13. The van der Waals surface area contributed by atoms with Gasteiger partial charge in [-0.05, 0) is 47.7 Å². The van der Waals surface area contributed by atoms with E-state index in [-0.39, 0.29) is 30.9 Å². The molecule has 0 bridgehead atoms. The first kappa shape index (κ1) is 18.2. The van der Waals surface area contributed by atoms with E-state index in [0.29, 0.717) is 0 Å². The van der Waals surface area contributed by atoms with Crippen molar-refractivity contribution in [2.24, 2.45) is 0 Å². The van der Waals surface area contributed by atoms with Gasteiger partial charge >= 0.3 is 6.03 Å². The lowest BCUT2D eigenvalue weighted by Gasteiger charge is -2.15. The maximum Gasteiger partial charge on any atom is 0.315 e. The SMILES string of the molecule is O=C(CNC(=O)NCc1ccc(F)cc1)NC1CCc2c(Cl)cccc21. The first-order valence-corrected chi connectivity index (χ1v) is 8.73. The van der Waals surface area contributed by atoms with E-state index in [4.69, 9.17) is 11.6 Å². The molecule has 0 fully saturated rings. The highest BCUT2D eigenvalue weighted by atomic mass is 35.5. The summed E-state index contributed by atoms with van der Waals surface area (Å²) in [5, 5.41) is 8.77. The summed E-state index contributed by atoms with van der Waals surface area (Å²) in [7, 11) is 0. The Labute approximate surface area is 155 Å². The quantitative estimate of drug-likeness (QED) is 0.751. The van der Waals surface area contributed by atoms with Gasteiger partial charge in [0, 0.05) is 11.6 Å². The minimum atomic E-state index is -0.459. The summed E-state index contributed by atoms with van der Waals surface area (Å²) < 4.78 is 12.8. The van der Waals surface area contributed by atoms with Crippen molar-refractivity contribution in [1.29, 1.82) is 0 Å². The van der Waals surface area contributed by atoms with Gasteiger partial charge in [0.15, 0.2) is 0 Å². The molecule has 0 spiro atoms. The van der Waals surface area contributed by atoms with Crippen LogP contribution in [0.5, 0.6) is 0 Å². The molecule has 0 saturated heterocycles. The van der Waals surface area contributed by atoms with E-state index in [1.807, 2.05) is 18.2 Å². The molecule has 136 valence electrons. The summed E-state index contributed by atoms with van der Waals surface area (Å²) in [6.07, 6.45) is 1.62. The van der Waals surface area contributed by atoms with Crippen molar-refractivity contribution in [2.45, 2.75) is 25.4 Å². The molecule has 1 aliphatic carbocycles. The van der Waals surface area contributed by atoms with E-state index in [1.165, 1.54) is 12.1 Å². The number of hydrogen-bond acceptors (Lipinski definition) is 2. The lowest BCUT2D eigenvalue weighted by Crippen LogP contribution is -2.42. The molecule has 26 heavy (non-hydrogen) atoms. The Morgan fingerprint density at radius 1 is 1.12 bits per heavy atom. The highest BCUT2D eigenvalue weighted by molar-refractivity contribution is 6.31. The van der Waals surface area contributed by atoms with Gasteiger partial charge in [-0.2, -0.15) is 0 Å². The maximum atomic E-state index is 12.8. The molecule has 5 nitrogen and oxygen atoms in total. The first-order valence-electron chi connectivity index (χ1n) is 8.35. The normalized spacial score (nSPS) is 15.2. The average molecular weight is 376 g/mol. The molecule has 1 atom stereocenters. The molecule has 0 aliphatic heterocycles. The summed E-state index contributed by atoms with van der Waals surface area (Å²) in [6.45, 7) is 0.129. The standard InChI is InChI=1S/C19H19ClFN3O2/c20-16-3-1-2-15-14(16)8-9-17(15)24-18(25)11-23-19(26)22-10-12-4-6-13(21)7-5-12/h1-7,17H,8-11H2,(H,24,25)(H2,22,23,26). The number of hydrogen-bond donors (Lipinski definition) is 3. The number of carbonyl (C=O) groups is 2. The third-order valence-corrected chi connectivity index (χ3v) is 4.68.